The maximum Gasteiger partial charge on any atom is 0.262 e. The molecule has 2 aromatic carbocycles. The van der Waals surface area contributed by atoms with Crippen molar-refractivity contribution in [2.45, 2.75) is 26.7 Å². The van der Waals surface area contributed by atoms with Crippen molar-refractivity contribution in [3.05, 3.63) is 53.6 Å². The maximum atomic E-state index is 12.1. The van der Waals surface area contributed by atoms with Crippen LogP contribution in [-0.4, -0.2) is 25.0 Å². The Morgan fingerprint density at radius 1 is 1.16 bits per heavy atom. The minimum absolute atomic E-state index is 0.0454. The second-order valence-electron chi connectivity index (χ2n) is 6.25. The summed E-state index contributed by atoms with van der Waals surface area (Å²) in [6, 6.07) is 13.2. The summed E-state index contributed by atoms with van der Waals surface area (Å²) in [7, 11) is 0. The van der Waals surface area contributed by atoms with Gasteiger partial charge in [0.25, 0.3) is 5.91 Å². The first-order chi connectivity index (χ1) is 12.0. The van der Waals surface area contributed by atoms with Gasteiger partial charge in [-0.2, -0.15) is 0 Å². The van der Waals surface area contributed by atoms with E-state index in [-0.39, 0.29) is 18.4 Å². The smallest absolute Gasteiger partial charge is 0.262 e. The zero-order chi connectivity index (χ0) is 17.8. The Balaban J connectivity index is 1.61. The molecule has 0 aromatic heterocycles. The molecule has 0 unspecified atom stereocenters. The second kappa shape index (κ2) is 7.38. The highest BCUT2D eigenvalue weighted by atomic mass is 16.5. The number of anilines is 2. The molecule has 1 heterocycles. The van der Waals surface area contributed by atoms with Gasteiger partial charge >= 0.3 is 0 Å². The zero-order valence-corrected chi connectivity index (χ0v) is 14.5. The Labute approximate surface area is 147 Å². The summed E-state index contributed by atoms with van der Waals surface area (Å²) in [6.07, 6.45) is 1.50. The van der Waals surface area contributed by atoms with Gasteiger partial charge in [-0.3, -0.25) is 9.59 Å². The SMILES string of the molecule is Cc1ccccc1OCC(=O)Nc1ccc(N2CCCC2=O)c(C)c1. The molecule has 1 fully saturated rings. The third-order valence-electron chi connectivity index (χ3n) is 4.30. The Morgan fingerprint density at radius 2 is 1.96 bits per heavy atom. The van der Waals surface area contributed by atoms with Crippen LogP contribution in [-0.2, 0) is 9.59 Å². The quantitative estimate of drug-likeness (QED) is 0.908. The van der Waals surface area contributed by atoms with Crippen molar-refractivity contribution >= 4 is 23.2 Å². The highest BCUT2D eigenvalue weighted by molar-refractivity contribution is 5.97. The first kappa shape index (κ1) is 17.0. The number of benzene rings is 2. The van der Waals surface area contributed by atoms with Gasteiger partial charge < -0.3 is 15.0 Å². The van der Waals surface area contributed by atoms with Crippen LogP contribution in [0.1, 0.15) is 24.0 Å². The molecule has 1 saturated heterocycles. The van der Waals surface area contributed by atoms with E-state index in [1.54, 1.807) is 0 Å². The first-order valence-corrected chi connectivity index (χ1v) is 8.44. The molecular weight excluding hydrogens is 316 g/mol. The van der Waals surface area contributed by atoms with Crippen LogP contribution in [0, 0.1) is 13.8 Å². The number of amides is 2. The Hall–Kier alpha value is -2.82. The minimum atomic E-state index is -0.215. The number of hydrogen-bond acceptors (Lipinski definition) is 3. The molecular formula is C20H22N2O3. The number of ether oxygens (including phenoxy) is 1. The monoisotopic (exact) mass is 338 g/mol. The number of para-hydroxylation sites is 1. The lowest BCUT2D eigenvalue weighted by Gasteiger charge is -2.19. The summed E-state index contributed by atoms with van der Waals surface area (Å²) in [4.78, 5) is 25.8. The molecule has 0 bridgehead atoms. The molecule has 0 radical (unpaired) electrons. The Bertz CT molecular complexity index is 801. The topological polar surface area (TPSA) is 58.6 Å². The first-order valence-electron chi connectivity index (χ1n) is 8.44. The van der Waals surface area contributed by atoms with Crippen molar-refractivity contribution in [1.29, 1.82) is 0 Å². The fourth-order valence-electron chi connectivity index (χ4n) is 3.00. The van der Waals surface area contributed by atoms with Gasteiger partial charge in [0.05, 0.1) is 0 Å². The van der Waals surface area contributed by atoms with Gasteiger partial charge in [0.2, 0.25) is 5.91 Å². The lowest BCUT2D eigenvalue weighted by molar-refractivity contribution is -0.118. The highest BCUT2D eigenvalue weighted by Gasteiger charge is 2.23. The predicted octanol–water partition coefficient (Wildman–Crippen LogP) is 3.45. The van der Waals surface area contributed by atoms with Crippen molar-refractivity contribution in [3.63, 3.8) is 0 Å². The lowest BCUT2D eigenvalue weighted by Crippen LogP contribution is -2.24. The molecule has 2 amide bonds. The van der Waals surface area contributed by atoms with Gasteiger partial charge in [0, 0.05) is 24.3 Å². The zero-order valence-electron chi connectivity index (χ0n) is 14.5. The Kier molecular flexibility index (Phi) is 5.03. The van der Waals surface area contributed by atoms with Crippen LogP contribution in [0.4, 0.5) is 11.4 Å². The summed E-state index contributed by atoms with van der Waals surface area (Å²) >= 11 is 0. The number of rotatable bonds is 5. The number of nitrogens with zero attached hydrogens (tertiary/aromatic N) is 1. The van der Waals surface area contributed by atoms with Crippen LogP contribution in [0.15, 0.2) is 42.5 Å². The highest BCUT2D eigenvalue weighted by Crippen LogP contribution is 2.27. The number of carbonyl (C=O) groups excluding carboxylic acids is 2. The van der Waals surface area contributed by atoms with Crippen LogP contribution in [0.25, 0.3) is 0 Å². The molecule has 3 rings (SSSR count). The minimum Gasteiger partial charge on any atom is -0.483 e. The average Bonchev–Trinajstić information content (AvgIpc) is 3.00. The molecule has 0 aliphatic carbocycles. The molecule has 0 spiro atoms. The van der Waals surface area contributed by atoms with Crippen molar-refractivity contribution in [3.8, 4) is 5.75 Å². The van der Waals surface area contributed by atoms with Gasteiger partial charge in [0.15, 0.2) is 6.61 Å². The fourth-order valence-corrected chi connectivity index (χ4v) is 3.00. The number of carbonyl (C=O) groups is 2. The molecule has 1 aliphatic heterocycles. The van der Waals surface area contributed by atoms with E-state index in [1.807, 2.05) is 61.2 Å². The lowest BCUT2D eigenvalue weighted by atomic mass is 10.1. The van der Waals surface area contributed by atoms with Crippen LogP contribution < -0.4 is 15.0 Å². The summed E-state index contributed by atoms with van der Waals surface area (Å²) in [5, 5.41) is 2.83. The molecule has 130 valence electrons. The van der Waals surface area contributed by atoms with Crippen molar-refractivity contribution in [2.75, 3.05) is 23.4 Å². The van der Waals surface area contributed by atoms with E-state index in [0.29, 0.717) is 17.9 Å². The van der Waals surface area contributed by atoms with Gasteiger partial charge in [-0.15, -0.1) is 0 Å². The summed E-state index contributed by atoms with van der Waals surface area (Å²) in [6.45, 7) is 4.60. The number of hydrogen-bond donors (Lipinski definition) is 1. The third-order valence-corrected chi connectivity index (χ3v) is 4.30. The normalized spacial score (nSPS) is 13.8. The van der Waals surface area contributed by atoms with E-state index in [1.165, 1.54) is 0 Å². The fraction of sp³-hybridized carbons (Fsp3) is 0.300. The van der Waals surface area contributed by atoms with Crippen LogP contribution in [0.2, 0.25) is 0 Å². The van der Waals surface area contributed by atoms with E-state index in [2.05, 4.69) is 5.32 Å². The van der Waals surface area contributed by atoms with Crippen LogP contribution in [0.3, 0.4) is 0 Å². The summed E-state index contributed by atoms with van der Waals surface area (Å²) in [5.41, 5.74) is 3.57. The van der Waals surface area contributed by atoms with Crippen molar-refractivity contribution in [2.24, 2.45) is 0 Å². The number of nitrogens with one attached hydrogen (secondary N) is 1. The van der Waals surface area contributed by atoms with Crippen molar-refractivity contribution in [1.82, 2.24) is 0 Å². The van der Waals surface area contributed by atoms with Gasteiger partial charge in [0.1, 0.15) is 5.75 Å². The maximum absolute atomic E-state index is 12.1. The molecule has 1 N–H and O–H groups in total. The standard InChI is InChI=1S/C20H22N2O3/c1-14-6-3-4-7-18(14)25-13-19(23)21-16-9-10-17(15(2)12-16)22-11-5-8-20(22)24/h3-4,6-7,9-10,12H,5,8,11,13H2,1-2H3,(H,21,23). The van der Waals surface area contributed by atoms with E-state index >= 15 is 0 Å². The Morgan fingerprint density at radius 3 is 2.64 bits per heavy atom. The van der Waals surface area contributed by atoms with Crippen molar-refractivity contribution < 1.29 is 14.3 Å². The molecule has 0 atom stereocenters. The largest absolute Gasteiger partial charge is 0.483 e. The molecule has 0 saturated carbocycles. The molecule has 1 aliphatic rings. The predicted molar refractivity (Wildman–Crippen MR) is 98.1 cm³/mol. The van der Waals surface area contributed by atoms with Crippen LogP contribution >= 0.6 is 0 Å². The van der Waals surface area contributed by atoms with E-state index in [9.17, 15) is 9.59 Å². The van der Waals surface area contributed by atoms with E-state index < -0.39 is 0 Å². The third kappa shape index (κ3) is 3.99. The summed E-state index contributed by atoms with van der Waals surface area (Å²) in [5.74, 6) is 0.649. The van der Waals surface area contributed by atoms with Crippen LogP contribution in [0.5, 0.6) is 5.75 Å². The van der Waals surface area contributed by atoms with E-state index in [0.717, 1.165) is 29.8 Å². The average molecular weight is 338 g/mol. The van der Waals surface area contributed by atoms with E-state index in [4.69, 9.17) is 4.74 Å². The molecule has 5 heteroatoms. The molecule has 5 nitrogen and oxygen atoms in total. The molecule has 25 heavy (non-hydrogen) atoms. The van der Waals surface area contributed by atoms with Gasteiger partial charge in [-0.25, -0.2) is 0 Å². The van der Waals surface area contributed by atoms with Gasteiger partial charge in [-0.05, 0) is 55.7 Å². The molecule has 2 aromatic rings. The van der Waals surface area contributed by atoms with Gasteiger partial charge in [-0.1, -0.05) is 18.2 Å². The summed E-state index contributed by atoms with van der Waals surface area (Å²) < 4.78 is 5.56. The second-order valence-corrected chi connectivity index (χ2v) is 6.25. The number of aryl methyl sites for hydroxylation is 2.